The molecule has 2 atom stereocenters. The van der Waals surface area contributed by atoms with Crippen molar-refractivity contribution in [2.45, 2.75) is 36.2 Å². The van der Waals surface area contributed by atoms with Gasteiger partial charge in [-0.3, -0.25) is 3.97 Å². The lowest BCUT2D eigenvalue weighted by Crippen LogP contribution is -2.32. The Hall–Kier alpha value is -3.28. The van der Waals surface area contributed by atoms with Gasteiger partial charge in [-0.05, 0) is 30.5 Å². The minimum Gasteiger partial charge on any atom is -0.495 e. The second kappa shape index (κ2) is 6.61. The molecule has 32 heavy (non-hydrogen) atoms. The zero-order valence-corrected chi connectivity index (χ0v) is 18.6. The van der Waals surface area contributed by atoms with E-state index in [0.29, 0.717) is 28.4 Å². The number of aromatic nitrogens is 2. The van der Waals surface area contributed by atoms with Crippen molar-refractivity contribution in [1.82, 2.24) is 13.9 Å². The van der Waals surface area contributed by atoms with E-state index in [1.807, 2.05) is 7.05 Å². The van der Waals surface area contributed by atoms with Crippen molar-refractivity contribution >= 4 is 37.5 Å². The highest BCUT2D eigenvalue weighted by Crippen LogP contribution is 2.45. The fraction of sp³-hybridized carbons (Fsp3) is 0.292. The van der Waals surface area contributed by atoms with Crippen molar-refractivity contribution < 1.29 is 13.2 Å². The van der Waals surface area contributed by atoms with Crippen molar-refractivity contribution in [3.05, 3.63) is 65.3 Å². The summed E-state index contributed by atoms with van der Waals surface area (Å²) in [5, 5.41) is 5.21. The lowest BCUT2D eigenvalue weighted by atomic mass is 9.99. The highest BCUT2D eigenvalue weighted by molar-refractivity contribution is 7.90. The van der Waals surface area contributed by atoms with Crippen LogP contribution in [0.2, 0.25) is 0 Å². The van der Waals surface area contributed by atoms with Gasteiger partial charge in [0, 0.05) is 54.3 Å². The minimum absolute atomic E-state index is 0.160. The molecular weight excluding hydrogens is 424 g/mol. The number of methoxy groups -OCH3 is 1. The smallest absolute Gasteiger partial charge is 0.267 e. The van der Waals surface area contributed by atoms with Crippen molar-refractivity contribution in [1.29, 1.82) is 0 Å². The molecule has 8 heteroatoms. The standard InChI is InChI=1S/C24H22N4O3S/c1-25-19-13-28(20-7-5-4-6-16(19)20)32(29,30)15-11-17-23-18-9-8-14(26-18)10-21(23)27(2)24(17)22(12-15)31-3/h4-7,11-14,18,26H,8-10H2,2-3H3. The first-order chi connectivity index (χ1) is 15.4. The number of para-hydroxylation sites is 1. The Balaban J connectivity index is 1.64. The summed E-state index contributed by atoms with van der Waals surface area (Å²) in [5.74, 6) is 0.538. The van der Waals surface area contributed by atoms with Gasteiger partial charge in [-0.2, -0.15) is 0 Å². The summed E-state index contributed by atoms with van der Waals surface area (Å²) >= 11 is 0. The Morgan fingerprint density at radius 3 is 2.78 bits per heavy atom. The first-order valence-corrected chi connectivity index (χ1v) is 12.1. The number of fused-ring (bicyclic) bond motifs is 7. The number of ether oxygens (including phenoxy) is 1. The van der Waals surface area contributed by atoms with Crippen LogP contribution >= 0.6 is 0 Å². The molecule has 0 radical (unpaired) electrons. The zero-order chi connectivity index (χ0) is 22.2. The number of benzene rings is 2. The van der Waals surface area contributed by atoms with E-state index in [4.69, 9.17) is 11.3 Å². The monoisotopic (exact) mass is 446 g/mol. The molecule has 2 unspecified atom stereocenters. The van der Waals surface area contributed by atoms with Crippen molar-refractivity contribution in [2.75, 3.05) is 7.11 Å². The molecule has 7 nitrogen and oxygen atoms in total. The molecule has 2 aliphatic heterocycles. The van der Waals surface area contributed by atoms with Crippen molar-refractivity contribution in [3.63, 3.8) is 0 Å². The molecule has 4 aromatic rings. The van der Waals surface area contributed by atoms with Crippen LogP contribution in [-0.2, 0) is 23.5 Å². The highest BCUT2D eigenvalue weighted by atomic mass is 32.2. The van der Waals surface area contributed by atoms with Crippen LogP contribution in [0.5, 0.6) is 5.75 Å². The van der Waals surface area contributed by atoms with Crippen LogP contribution in [-0.4, -0.2) is 30.1 Å². The molecule has 0 spiro atoms. The molecule has 0 saturated carbocycles. The van der Waals surface area contributed by atoms with Gasteiger partial charge in [0.1, 0.15) is 5.75 Å². The van der Waals surface area contributed by atoms with Gasteiger partial charge in [0.2, 0.25) is 5.69 Å². The number of aryl methyl sites for hydroxylation is 1. The topological polar surface area (TPSA) is 69.6 Å². The molecule has 1 N–H and O–H groups in total. The summed E-state index contributed by atoms with van der Waals surface area (Å²) < 4.78 is 36.7. The largest absolute Gasteiger partial charge is 0.495 e. The summed E-state index contributed by atoms with van der Waals surface area (Å²) in [7, 11) is -0.341. The Morgan fingerprint density at radius 2 is 2.00 bits per heavy atom. The third-order valence-electron chi connectivity index (χ3n) is 6.97. The van der Waals surface area contributed by atoms with Gasteiger partial charge in [-0.25, -0.2) is 13.3 Å². The average molecular weight is 447 g/mol. The number of nitrogens with zero attached hydrogens (tertiary/aromatic N) is 3. The first kappa shape index (κ1) is 19.4. The zero-order valence-electron chi connectivity index (χ0n) is 17.8. The van der Waals surface area contributed by atoms with Crippen LogP contribution in [0.4, 0.5) is 5.69 Å². The van der Waals surface area contributed by atoms with Crippen LogP contribution in [0, 0.1) is 6.57 Å². The Bertz CT molecular complexity index is 1570. The van der Waals surface area contributed by atoms with E-state index >= 15 is 0 Å². The van der Waals surface area contributed by atoms with Gasteiger partial charge < -0.3 is 14.6 Å². The van der Waals surface area contributed by atoms with Gasteiger partial charge in [-0.1, -0.05) is 18.2 Å². The number of nitrogens with one attached hydrogen (secondary N) is 1. The van der Waals surface area contributed by atoms with Crippen LogP contribution in [0.15, 0.2) is 47.5 Å². The predicted octanol–water partition coefficient (Wildman–Crippen LogP) is 4.28. The summed E-state index contributed by atoms with van der Waals surface area (Å²) in [4.78, 5) is 3.69. The molecule has 6 rings (SSSR count). The highest BCUT2D eigenvalue weighted by Gasteiger charge is 2.37. The normalized spacial score (nSPS) is 19.9. The van der Waals surface area contributed by atoms with Gasteiger partial charge in [0.15, 0.2) is 0 Å². The number of hydrogen-bond donors (Lipinski definition) is 1. The summed E-state index contributed by atoms with van der Waals surface area (Å²) in [6.07, 6.45) is 4.52. The van der Waals surface area contributed by atoms with Crippen LogP contribution < -0.4 is 10.1 Å². The van der Waals surface area contributed by atoms with Crippen LogP contribution in [0.25, 0.3) is 26.7 Å². The summed E-state index contributed by atoms with van der Waals surface area (Å²) in [6, 6.07) is 11.2. The van der Waals surface area contributed by atoms with E-state index in [1.54, 1.807) is 43.5 Å². The average Bonchev–Trinajstić information content (AvgIpc) is 3.46. The van der Waals surface area contributed by atoms with Gasteiger partial charge in [0.25, 0.3) is 10.0 Å². The van der Waals surface area contributed by atoms with E-state index in [9.17, 15) is 8.42 Å². The van der Waals surface area contributed by atoms with E-state index in [1.165, 1.54) is 21.4 Å². The maximum atomic E-state index is 13.8. The predicted molar refractivity (Wildman–Crippen MR) is 123 cm³/mol. The lowest BCUT2D eigenvalue weighted by Gasteiger charge is -2.23. The molecule has 0 aliphatic carbocycles. The molecule has 4 heterocycles. The maximum Gasteiger partial charge on any atom is 0.267 e. The first-order valence-electron chi connectivity index (χ1n) is 10.6. The van der Waals surface area contributed by atoms with E-state index < -0.39 is 10.0 Å². The minimum atomic E-state index is -3.95. The molecular formula is C24H22N4O3S. The Kier molecular flexibility index (Phi) is 4.01. The van der Waals surface area contributed by atoms with Crippen molar-refractivity contribution in [2.24, 2.45) is 7.05 Å². The number of rotatable bonds is 3. The quantitative estimate of drug-likeness (QED) is 0.477. The number of hydrogen-bond acceptors (Lipinski definition) is 4. The molecule has 2 aliphatic rings. The van der Waals surface area contributed by atoms with Crippen LogP contribution in [0.3, 0.4) is 0 Å². The van der Waals surface area contributed by atoms with E-state index in [0.717, 1.165) is 30.2 Å². The second-order valence-corrected chi connectivity index (χ2v) is 10.4. The second-order valence-electron chi connectivity index (χ2n) is 8.58. The van der Waals surface area contributed by atoms with Gasteiger partial charge >= 0.3 is 0 Å². The Morgan fingerprint density at radius 1 is 1.19 bits per heavy atom. The Labute approximate surface area is 186 Å². The summed E-state index contributed by atoms with van der Waals surface area (Å²) in [6.45, 7) is 7.46. The van der Waals surface area contributed by atoms with Gasteiger partial charge in [0.05, 0.1) is 29.6 Å². The van der Waals surface area contributed by atoms with Gasteiger partial charge in [-0.15, -0.1) is 0 Å². The lowest BCUT2D eigenvalue weighted by molar-refractivity contribution is 0.416. The fourth-order valence-electron chi connectivity index (χ4n) is 5.52. The van der Waals surface area contributed by atoms with E-state index in [2.05, 4.69) is 14.7 Å². The van der Waals surface area contributed by atoms with E-state index in [-0.39, 0.29) is 10.9 Å². The maximum absolute atomic E-state index is 13.8. The molecule has 2 aromatic heterocycles. The van der Waals surface area contributed by atoms with Crippen LogP contribution in [0.1, 0.15) is 30.1 Å². The molecule has 1 saturated heterocycles. The third-order valence-corrected chi connectivity index (χ3v) is 8.62. The fourth-order valence-corrected chi connectivity index (χ4v) is 6.93. The third kappa shape index (κ3) is 2.46. The molecule has 1 fully saturated rings. The molecule has 162 valence electrons. The summed E-state index contributed by atoms with van der Waals surface area (Å²) in [5.41, 5.74) is 4.17. The SMILES string of the molecule is [C-]#[N+]c1cn(S(=O)(=O)c2cc(OC)c3c(c2)c2c(n3C)CC3CCC2N3)c2ccccc12. The molecule has 2 bridgehead atoms. The van der Waals surface area contributed by atoms with Crippen molar-refractivity contribution in [3.8, 4) is 5.75 Å². The molecule has 2 aromatic carbocycles. The molecule has 0 amide bonds.